The third-order valence-electron chi connectivity index (χ3n) is 8.18. The first kappa shape index (κ1) is 22.1. The van der Waals surface area contributed by atoms with Crippen LogP contribution in [-0.2, 0) is 6.42 Å². The molecule has 0 amide bonds. The quantitative estimate of drug-likeness (QED) is 0.201. The van der Waals surface area contributed by atoms with Crippen molar-refractivity contribution in [1.82, 2.24) is 0 Å². The average molecular weight is 551 g/mol. The van der Waals surface area contributed by atoms with Crippen molar-refractivity contribution in [2.45, 2.75) is 12.8 Å². The van der Waals surface area contributed by atoms with Crippen LogP contribution in [-0.4, -0.2) is 0 Å². The van der Waals surface area contributed by atoms with E-state index in [9.17, 15) is 0 Å². The van der Waals surface area contributed by atoms with Crippen LogP contribution >= 0.6 is 34.0 Å². The number of hydrogen-bond donors (Lipinski definition) is 0. The third-order valence-corrected chi connectivity index (χ3v) is 11.8. The summed E-state index contributed by atoms with van der Waals surface area (Å²) in [6.45, 7) is 0. The molecule has 3 heteroatoms. The van der Waals surface area contributed by atoms with Gasteiger partial charge < -0.3 is 0 Å². The van der Waals surface area contributed by atoms with E-state index in [1.165, 1.54) is 83.1 Å². The number of fused-ring (bicyclic) bond motifs is 9. The lowest BCUT2D eigenvalue weighted by Crippen LogP contribution is -1.97. The summed E-state index contributed by atoms with van der Waals surface area (Å²) in [7, 11) is 0. The Morgan fingerprint density at radius 2 is 1.15 bits per heavy atom. The van der Waals surface area contributed by atoms with Gasteiger partial charge >= 0.3 is 0 Å². The highest BCUT2D eigenvalue weighted by atomic mass is 32.1. The summed E-state index contributed by atoms with van der Waals surface area (Å²) in [4.78, 5) is 1.46. The third kappa shape index (κ3) is 3.28. The van der Waals surface area contributed by atoms with E-state index in [0.717, 1.165) is 12.8 Å². The number of rotatable bonds is 2. The van der Waals surface area contributed by atoms with Crippen LogP contribution in [0.1, 0.15) is 22.4 Å². The van der Waals surface area contributed by atoms with E-state index < -0.39 is 0 Å². The van der Waals surface area contributed by atoms with E-state index in [4.69, 9.17) is 0 Å². The molecule has 8 aromatic rings. The maximum Gasteiger partial charge on any atom is 0.0433 e. The Labute approximate surface area is 238 Å². The molecule has 0 atom stereocenters. The molecule has 0 radical (unpaired) electrons. The van der Waals surface area contributed by atoms with Crippen molar-refractivity contribution in [3.8, 4) is 11.1 Å². The van der Waals surface area contributed by atoms with Crippen molar-refractivity contribution in [2.75, 3.05) is 0 Å². The number of hydrogen-bond acceptors (Lipinski definition) is 3. The van der Waals surface area contributed by atoms with Gasteiger partial charge in [-0.1, -0.05) is 72.8 Å². The molecule has 0 N–H and O–H groups in total. The van der Waals surface area contributed by atoms with Crippen LogP contribution < -0.4 is 0 Å². The lowest BCUT2D eigenvalue weighted by atomic mass is 9.91. The van der Waals surface area contributed by atoms with Gasteiger partial charge in [-0.2, -0.15) is 0 Å². The zero-order valence-electron chi connectivity index (χ0n) is 21.0. The standard InChI is InChI=1S/C36H22S3/c1-3-13-31-25(7-1)27-11-5-9-23(35(27)38-31)21-15-17-33-29(19-21)30-20-22(16-18-34(30)37-33)24-10-6-12-28-26-8-2-4-14-32(26)39-36(24)28/h1-5,7-11,13-20H,6,12H2. The second-order valence-electron chi connectivity index (χ2n) is 10.4. The summed E-state index contributed by atoms with van der Waals surface area (Å²) in [6, 6.07) is 38.6. The molecular formula is C36H22S3. The van der Waals surface area contributed by atoms with E-state index in [0.29, 0.717) is 0 Å². The molecule has 3 heterocycles. The summed E-state index contributed by atoms with van der Waals surface area (Å²) in [5.74, 6) is 0. The minimum atomic E-state index is 1.11. The molecule has 1 aliphatic carbocycles. The maximum absolute atomic E-state index is 2.46. The molecule has 0 fully saturated rings. The molecule has 39 heavy (non-hydrogen) atoms. The minimum Gasteiger partial charge on any atom is -0.135 e. The molecule has 0 saturated heterocycles. The molecule has 0 nitrogen and oxygen atoms in total. The molecule has 5 aromatic carbocycles. The van der Waals surface area contributed by atoms with Crippen LogP contribution in [0.5, 0.6) is 0 Å². The van der Waals surface area contributed by atoms with Gasteiger partial charge in [0.1, 0.15) is 0 Å². The van der Waals surface area contributed by atoms with E-state index in [1.54, 1.807) is 0 Å². The summed E-state index contributed by atoms with van der Waals surface area (Å²) in [6.07, 6.45) is 4.70. The Morgan fingerprint density at radius 3 is 2.00 bits per heavy atom. The molecule has 9 rings (SSSR count). The minimum absolute atomic E-state index is 1.11. The van der Waals surface area contributed by atoms with Gasteiger partial charge in [0.05, 0.1) is 0 Å². The van der Waals surface area contributed by atoms with Crippen LogP contribution in [0.2, 0.25) is 0 Å². The van der Waals surface area contributed by atoms with Crippen molar-refractivity contribution < 1.29 is 0 Å². The molecule has 0 bridgehead atoms. The van der Waals surface area contributed by atoms with E-state index >= 15 is 0 Å². The van der Waals surface area contributed by atoms with Gasteiger partial charge in [-0.05, 0) is 82.5 Å². The van der Waals surface area contributed by atoms with E-state index in [2.05, 4.69) is 109 Å². The lowest BCUT2D eigenvalue weighted by molar-refractivity contribution is 0.998. The predicted molar refractivity (Wildman–Crippen MR) is 175 cm³/mol. The van der Waals surface area contributed by atoms with Gasteiger partial charge in [0.25, 0.3) is 0 Å². The highest BCUT2D eigenvalue weighted by Gasteiger charge is 2.20. The van der Waals surface area contributed by atoms with E-state index in [-0.39, 0.29) is 0 Å². The molecule has 3 aromatic heterocycles. The number of allylic oxidation sites excluding steroid dienone is 1. The van der Waals surface area contributed by atoms with Gasteiger partial charge in [0.2, 0.25) is 0 Å². The highest BCUT2D eigenvalue weighted by Crippen LogP contribution is 2.45. The Morgan fingerprint density at radius 1 is 0.487 bits per heavy atom. The number of benzene rings is 5. The topological polar surface area (TPSA) is 0 Å². The van der Waals surface area contributed by atoms with Crippen LogP contribution in [0.4, 0.5) is 0 Å². The second-order valence-corrected chi connectivity index (χ2v) is 13.6. The normalized spacial score (nSPS) is 13.6. The fraction of sp³-hybridized carbons (Fsp3) is 0.0556. The van der Waals surface area contributed by atoms with E-state index in [1.807, 2.05) is 34.0 Å². The van der Waals surface area contributed by atoms with Crippen molar-refractivity contribution in [3.05, 3.63) is 125 Å². The first-order valence-electron chi connectivity index (χ1n) is 13.4. The first-order chi connectivity index (χ1) is 19.3. The second kappa shape index (κ2) is 8.37. The van der Waals surface area contributed by atoms with Gasteiger partial charge in [0.15, 0.2) is 0 Å². The molecule has 184 valence electrons. The predicted octanol–water partition coefficient (Wildman–Crippen LogP) is 11.7. The maximum atomic E-state index is 2.46. The lowest BCUT2D eigenvalue weighted by Gasteiger charge is -2.14. The zero-order chi connectivity index (χ0) is 25.5. The Bertz CT molecular complexity index is 2290. The first-order valence-corrected chi connectivity index (χ1v) is 15.8. The Kier molecular flexibility index (Phi) is 4.74. The summed E-state index contributed by atoms with van der Waals surface area (Å²) < 4.78 is 6.85. The Hall–Kier alpha value is -3.76. The van der Waals surface area contributed by atoms with Gasteiger partial charge in [-0.3, -0.25) is 0 Å². The van der Waals surface area contributed by atoms with Gasteiger partial charge in [0, 0.05) is 49.9 Å². The molecule has 1 aliphatic rings. The largest absolute Gasteiger partial charge is 0.135 e. The zero-order valence-corrected chi connectivity index (χ0v) is 23.5. The fourth-order valence-corrected chi connectivity index (χ4v) is 9.97. The van der Waals surface area contributed by atoms with Crippen molar-refractivity contribution in [1.29, 1.82) is 0 Å². The number of aryl methyl sites for hydroxylation is 1. The summed E-state index contributed by atoms with van der Waals surface area (Å²) >= 11 is 5.76. The van der Waals surface area contributed by atoms with Crippen molar-refractivity contribution in [2.24, 2.45) is 0 Å². The van der Waals surface area contributed by atoms with Crippen molar-refractivity contribution >= 4 is 90.0 Å². The SMILES string of the molecule is C1=C(c2ccc3sc4ccc(-c5cccc6c5sc5ccccc56)cc4c3c2)c2sc3ccccc3c2CC1. The van der Waals surface area contributed by atoms with Crippen LogP contribution in [0.3, 0.4) is 0 Å². The Balaban J connectivity index is 1.22. The summed E-state index contributed by atoms with van der Waals surface area (Å²) in [5, 5.41) is 6.87. The highest BCUT2D eigenvalue weighted by molar-refractivity contribution is 7.26. The molecule has 0 aliphatic heterocycles. The molecule has 0 unspecified atom stereocenters. The molecule has 0 spiro atoms. The smallest absolute Gasteiger partial charge is 0.0433 e. The number of thiophene rings is 3. The average Bonchev–Trinajstić information content (AvgIpc) is 3.67. The van der Waals surface area contributed by atoms with Gasteiger partial charge in [-0.25, -0.2) is 0 Å². The summed E-state index contributed by atoms with van der Waals surface area (Å²) in [5.41, 5.74) is 6.91. The fourth-order valence-electron chi connectivity index (χ4n) is 6.35. The molecule has 0 saturated carbocycles. The van der Waals surface area contributed by atoms with Crippen LogP contribution in [0.25, 0.3) is 67.1 Å². The van der Waals surface area contributed by atoms with Crippen LogP contribution in [0, 0.1) is 0 Å². The monoisotopic (exact) mass is 550 g/mol. The van der Waals surface area contributed by atoms with Crippen molar-refractivity contribution in [3.63, 3.8) is 0 Å². The van der Waals surface area contributed by atoms with Crippen LogP contribution in [0.15, 0.2) is 109 Å². The molecular weight excluding hydrogens is 529 g/mol. The van der Waals surface area contributed by atoms with Gasteiger partial charge in [-0.15, -0.1) is 34.0 Å².